The molecule has 2 aliphatic heterocycles. The maximum Gasteiger partial charge on any atom is 0.272 e. The number of fused-ring (bicyclic) bond motifs is 4. The highest BCUT2D eigenvalue weighted by molar-refractivity contribution is 6.04. The predicted molar refractivity (Wildman–Crippen MR) is 157 cm³/mol. The third kappa shape index (κ3) is 4.44. The number of amides is 2. The number of carbonyl (C=O) groups excluding carboxylic acids is 2. The molecule has 210 valence electrons. The highest BCUT2D eigenvalue weighted by Gasteiger charge is 2.53. The molecule has 1 atom stereocenters. The van der Waals surface area contributed by atoms with E-state index >= 15 is 0 Å². The predicted octanol–water partition coefficient (Wildman–Crippen LogP) is 6.07. The van der Waals surface area contributed by atoms with E-state index in [1.54, 1.807) is 4.90 Å². The fourth-order valence-electron chi connectivity index (χ4n) is 6.78. The molecule has 7 heteroatoms. The fraction of sp³-hybridized carbons (Fsp3) is 0.353. The van der Waals surface area contributed by atoms with Gasteiger partial charge < -0.3 is 24.3 Å². The molecule has 7 rings (SSSR count). The number of hydrogen-bond acceptors (Lipinski definition) is 4. The Bertz CT molecular complexity index is 1620. The zero-order chi connectivity index (χ0) is 28.0. The first-order valence-electron chi connectivity index (χ1n) is 14.7. The van der Waals surface area contributed by atoms with Crippen molar-refractivity contribution in [2.75, 3.05) is 6.79 Å². The molecule has 1 N–H and O–H groups in total. The number of aromatic nitrogens is 1. The second-order valence-electron chi connectivity index (χ2n) is 11.6. The summed E-state index contributed by atoms with van der Waals surface area (Å²) >= 11 is 0. The minimum absolute atomic E-state index is 0.0955. The molecule has 2 amide bonds. The maximum absolute atomic E-state index is 14.8. The molecule has 0 spiro atoms. The maximum atomic E-state index is 14.8. The second-order valence-corrected chi connectivity index (χ2v) is 11.6. The molecule has 7 nitrogen and oxygen atoms in total. The van der Waals surface area contributed by atoms with Gasteiger partial charge in [0.1, 0.15) is 5.69 Å². The van der Waals surface area contributed by atoms with Crippen LogP contribution in [0, 0.1) is 6.92 Å². The zero-order valence-corrected chi connectivity index (χ0v) is 23.4. The van der Waals surface area contributed by atoms with Gasteiger partial charge in [0.25, 0.3) is 11.8 Å². The van der Waals surface area contributed by atoms with Gasteiger partial charge in [-0.15, -0.1) is 0 Å². The van der Waals surface area contributed by atoms with E-state index in [0.717, 1.165) is 53.3 Å². The first-order valence-corrected chi connectivity index (χ1v) is 14.7. The van der Waals surface area contributed by atoms with Crippen molar-refractivity contribution in [3.63, 3.8) is 0 Å². The van der Waals surface area contributed by atoms with Crippen LogP contribution in [0.2, 0.25) is 0 Å². The topological polar surface area (TPSA) is 72.8 Å². The molecular formula is C34H35N3O4. The Hall–Kier alpha value is -4.26. The summed E-state index contributed by atoms with van der Waals surface area (Å²) in [7, 11) is 0. The monoisotopic (exact) mass is 549 g/mol. The molecule has 0 bridgehead atoms. The van der Waals surface area contributed by atoms with E-state index < -0.39 is 5.54 Å². The van der Waals surface area contributed by atoms with Crippen LogP contribution in [0.25, 0.3) is 10.9 Å². The van der Waals surface area contributed by atoms with E-state index in [4.69, 9.17) is 9.47 Å². The standard InChI is InChI=1S/C34H35N3O4/c1-23-13-15-25-19-29-32(38)37(20-24-14-16-30-31(18-24)41-22-40-30)34(21-36(29)28(25)17-23,26-9-5-4-6-10-26)33(39)35-27-11-7-2-3-8-12-27/h4-6,9-10,13-19,27H,2-3,7-8,11-12,20-22H2,1H3,(H,35,39)/t34-/m0/s1. The lowest BCUT2D eigenvalue weighted by molar-refractivity contribution is -0.136. The van der Waals surface area contributed by atoms with Crippen molar-refractivity contribution in [1.82, 2.24) is 14.8 Å². The number of aryl methyl sites for hydroxylation is 1. The lowest BCUT2D eigenvalue weighted by Crippen LogP contribution is -2.63. The molecule has 4 aromatic rings. The lowest BCUT2D eigenvalue weighted by atomic mass is 9.83. The molecule has 0 saturated heterocycles. The number of ether oxygens (including phenoxy) is 2. The normalized spacial score (nSPS) is 20.6. The van der Waals surface area contributed by atoms with Crippen molar-refractivity contribution in [2.45, 2.75) is 70.1 Å². The summed E-state index contributed by atoms with van der Waals surface area (Å²) in [5, 5.41) is 4.43. The summed E-state index contributed by atoms with van der Waals surface area (Å²) < 4.78 is 13.2. The summed E-state index contributed by atoms with van der Waals surface area (Å²) in [6.45, 7) is 2.81. The summed E-state index contributed by atoms with van der Waals surface area (Å²) in [5.74, 6) is 1.06. The second kappa shape index (κ2) is 10.3. The SMILES string of the molecule is Cc1ccc2cc3n(c2c1)C[C@@](C(=O)NC1CCCCCC1)(c1ccccc1)N(Cc1ccc2c(c1)OCO2)C3=O. The van der Waals surface area contributed by atoms with Gasteiger partial charge in [-0.3, -0.25) is 9.59 Å². The molecule has 3 aromatic carbocycles. The Balaban J connectivity index is 1.40. The van der Waals surface area contributed by atoms with Crippen LogP contribution in [0.5, 0.6) is 11.5 Å². The van der Waals surface area contributed by atoms with Crippen molar-refractivity contribution in [2.24, 2.45) is 0 Å². The van der Waals surface area contributed by atoms with Crippen molar-refractivity contribution in [3.05, 3.63) is 95.2 Å². The van der Waals surface area contributed by atoms with Crippen LogP contribution in [-0.2, 0) is 23.4 Å². The van der Waals surface area contributed by atoms with Crippen LogP contribution < -0.4 is 14.8 Å². The van der Waals surface area contributed by atoms with E-state index in [1.165, 1.54) is 12.8 Å². The fourth-order valence-corrected chi connectivity index (χ4v) is 6.78. The third-order valence-electron chi connectivity index (χ3n) is 8.97. The van der Waals surface area contributed by atoms with Gasteiger partial charge in [-0.25, -0.2) is 0 Å². The Labute approximate surface area is 240 Å². The molecule has 0 radical (unpaired) electrons. The van der Waals surface area contributed by atoms with Gasteiger partial charge in [-0.05, 0) is 60.7 Å². The van der Waals surface area contributed by atoms with Crippen LogP contribution in [0.3, 0.4) is 0 Å². The van der Waals surface area contributed by atoms with E-state index in [1.807, 2.05) is 54.6 Å². The minimum Gasteiger partial charge on any atom is -0.454 e. The van der Waals surface area contributed by atoms with Gasteiger partial charge in [-0.1, -0.05) is 74.2 Å². The van der Waals surface area contributed by atoms with Crippen molar-refractivity contribution < 1.29 is 19.1 Å². The van der Waals surface area contributed by atoms with Crippen LogP contribution in [0.15, 0.2) is 72.8 Å². The summed E-state index contributed by atoms with van der Waals surface area (Å²) in [6.07, 6.45) is 6.53. The third-order valence-corrected chi connectivity index (χ3v) is 8.97. The van der Waals surface area contributed by atoms with Crippen molar-refractivity contribution in [3.8, 4) is 11.5 Å². The van der Waals surface area contributed by atoms with Gasteiger partial charge in [0.2, 0.25) is 6.79 Å². The van der Waals surface area contributed by atoms with E-state index in [2.05, 4.69) is 35.0 Å². The number of nitrogens with zero attached hydrogens (tertiary/aromatic N) is 2. The van der Waals surface area contributed by atoms with Crippen LogP contribution in [-0.4, -0.2) is 34.1 Å². The largest absolute Gasteiger partial charge is 0.454 e. The molecule has 1 aliphatic carbocycles. The highest BCUT2D eigenvalue weighted by atomic mass is 16.7. The average Bonchev–Trinajstić information content (AvgIpc) is 3.51. The summed E-state index contributed by atoms with van der Waals surface area (Å²) in [6, 6.07) is 23.8. The van der Waals surface area contributed by atoms with Crippen LogP contribution >= 0.6 is 0 Å². The smallest absolute Gasteiger partial charge is 0.272 e. The highest BCUT2D eigenvalue weighted by Crippen LogP contribution is 2.42. The Kier molecular flexibility index (Phi) is 6.45. The first kappa shape index (κ1) is 25.7. The number of hydrogen-bond donors (Lipinski definition) is 1. The molecule has 41 heavy (non-hydrogen) atoms. The Morgan fingerprint density at radius 1 is 0.927 bits per heavy atom. The molecule has 1 aromatic heterocycles. The first-order chi connectivity index (χ1) is 20.0. The van der Waals surface area contributed by atoms with E-state index in [0.29, 0.717) is 23.7 Å². The van der Waals surface area contributed by atoms with Gasteiger partial charge in [0.05, 0.1) is 6.54 Å². The summed E-state index contributed by atoms with van der Waals surface area (Å²) in [4.78, 5) is 31.2. The average molecular weight is 550 g/mol. The number of carbonyl (C=O) groups is 2. The van der Waals surface area contributed by atoms with Gasteiger partial charge >= 0.3 is 0 Å². The van der Waals surface area contributed by atoms with Gasteiger partial charge in [0, 0.05) is 23.5 Å². The van der Waals surface area contributed by atoms with Gasteiger partial charge in [0.15, 0.2) is 17.0 Å². The van der Waals surface area contributed by atoms with Crippen LogP contribution in [0.1, 0.15) is 65.7 Å². The molecule has 0 unspecified atom stereocenters. The van der Waals surface area contributed by atoms with E-state index in [-0.39, 0.29) is 31.2 Å². The van der Waals surface area contributed by atoms with Crippen molar-refractivity contribution in [1.29, 1.82) is 0 Å². The molecule has 3 aliphatic rings. The van der Waals surface area contributed by atoms with Gasteiger partial charge in [-0.2, -0.15) is 0 Å². The minimum atomic E-state index is -1.25. The number of rotatable bonds is 5. The quantitative estimate of drug-likeness (QED) is 0.307. The number of nitrogens with one attached hydrogen (secondary N) is 1. The lowest BCUT2D eigenvalue weighted by Gasteiger charge is -2.47. The molecule has 1 fully saturated rings. The zero-order valence-electron chi connectivity index (χ0n) is 23.4. The molecule has 3 heterocycles. The molecular weight excluding hydrogens is 514 g/mol. The number of benzene rings is 3. The van der Waals surface area contributed by atoms with E-state index in [9.17, 15) is 9.59 Å². The van der Waals surface area contributed by atoms with Crippen molar-refractivity contribution >= 4 is 22.7 Å². The Morgan fingerprint density at radius 2 is 1.71 bits per heavy atom. The summed E-state index contributed by atoms with van der Waals surface area (Å²) in [5.41, 5.74) is 3.12. The van der Waals surface area contributed by atoms with Crippen LogP contribution in [0.4, 0.5) is 0 Å². The molecule has 1 saturated carbocycles. The Morgan fingerprint density at radius 3 is 2.51 bits per heavy atom.